The third kappa shape index (κ3) is 5.85. The molecule has 1 saturated heterocycles. The molecule has 1 aliphatic heterocycles. The van der Waals surface area contributed by atoms with Gasteiger partial charge in [-0.15, -0.1) is 0 Å². The summed E-state index contributed by atoms with van der Waals surface area (Å²) in [6.07, 6.45) is 3.61. The number of hydrogen-bond donors (Lipinski definition) is 1. The fraction of sp³-hybridized carbons (Fsp3) is 0.360. The van der Waals surface area contributed by atoms with Gasteiger partial charge in [0.25, 0.3) is 5.56 Å². The van der Waals surface area contributed by atoms with Crippen LogP contribution in [0.25, 0.3) is 16.8 Å². The average Bonchev–Trinajstić information content (AvgIpc) is 3.20. The van der Waals surface area contributed by atoms with Crippen LogP contribution in [-0.4, -0.2) is 44.5 Å². The molecule has 0 bridgehead atoms. The number of halogens is 2. The Labute approximate surface area is 216 Å². The molecule has 184 valence electrons. The zero-order valence-electron chi connectivity index (χ0n) is 19.7. The summed E-state index contributed by atoms with van der Waals surface area (Å²) in [6.45, 7) is 5.59. The summed E-state index contributed by atoms with van der Waals surface area (Å²) in [4.78, 5) is 43.7. The first-order valence-electron chi connectivity index (χ1n) is 11.2. The molecule has 1 N–H and O–H groups in total. The molecule has 1 atom stereocenters. The molecule has 1 aromatic carbocycles. The maximum absolute atomic E-state index is 13.3. The minimum atomic E-state index is -0.699. The summed E-state index contributed by atoms with van der Waals surface area (Å²) in [6, 6.07) is 9.03. The predicted octanol–water partition coefficient (Wildman–Crippen LogP) is 4.79. The van der Waals surface area contributed by atoms with Gasteiger partial charge in [-0.3, -0.25) is 14.0 Å². The molecule has 4 rings (SSSR count). The molecule has 10 heteroatoms. The second kappa shape index (κ2) is 9.99. The number of aromatic nitrogens is 2. The van der Waals surface area contributed by atoms with E-state index in [1.54, 1.807) is 39.1 Å². The molecule has 0 unspecified atom stereocenters. The van der Waals surface area contributed by atoms with E-state index in [1.807, 2.05) is 18.2 Å². The Morgan fingerprint density at radius 1 is 1.31 bits per heavy atom. The third-order valence-corrected chi connectivity index (χ3v) is 6.88. The van der Waals surface area contributed by atoms with Crippen molar-refractivity contribution in [2.45, 2.75) is 51.8 Å². The van der Waals surface area contributed by atoms with Crippen LogP contribution in [0.1, 0.15) is 39.2 Å². The molecule has 3 heterocycles. The highest BCUT2D eigenvalue weighted by Crippen LogP contribution is 2.33. The zero-order chi connectivity index (χ0) is 25.3. The minimum Gasteiger partial charge on any atom is -0.444 e. The summed E-state index contributed by atoms with van der Waals surface area (Å²) in [5.74, 6) is -0.0482. The monoisotopic (exact) mass is 560 g/mol. The number of fused-ring (bicyclic) bond motifs is 1. The van der Waals surface area contributed by atoms with Crippen LogP contribution >= 0.6 is 27.5 Å². The number of rotatable bonds is 5. The molecule has 35 heavy (non-hydrogen) atoms. The highest BCUT2D eigenvalue weighted by molar-refractivity contribution is 9.10. The molecular formula is C25H26BrClN4O4. The van der Waals surface area contributed by atoms with E-state index in [9.17, 15) is 14.4 Å². The van der Waals surface area contributed by atoms with Crippen LogP contribution < -0.4 is 10.9 Å². The van der Waals surface area contributed by atoms with Crippen molar-refractivity contribution in [2.24, 2.45) is 0 Å². The van der Waals surface area contributed by atoms with Crippen molar-refractivity contribution in [2.75, 3.05) is 6.54 Å². The van der Waals surface area contributed by atoms with E-state index in [1.165, 1.54) is 15.5 Å². The van der Waals surface area contributed by atoms with Crippen LogP contribution in [0.5, 0.6) is 0 Å². The second-order valence-corrected chi connectivity index (χ2v) is 10.7. The Bertz CT molecular complexity index is 1350. The Balaban J connectivity index is 1.64. The molecule has 8 nitrogen and oxygen atoms in total. The first kappa shape index (κ1) is 25.2. The smallest absolute Gasteiger partial charge is 0.410 e. The summed E-state index contributed by atoms with van der Waals surface area (Å²) in [7, 11) is 0. The molecule has 1 fully saturated rings. The van der Waals surface area contributed by atoms with Crippen molar-refractivity contribution in [1.82, 2.24) is 19.6 Å². The van der Waals surface area contributed by atoms with Gasteiger partial charge in [-0.2, -0.15) is 0 Å². The number of hydrogen-bond acceptors (Lipinski definition) is 5. The molecule has 0 saturated carbocycles. The van der Waals surface area contributed by atoms with Crippen LogP contribution in [0.3, 0.4) is 0 Å². The number of benzene rings is 1. The topological polar surface area (TPSA) is 93.0 Å². The Morgan fingerprint density at radius 2 is 2.09 bits per heavy atom. The predicted molar refractivity (Wildman–Crippen MR) is 137 cm³/mol. The van der Waals surface area contributed by atoms with Gasteiger partial charge in [0.2, 0.25) is 5.91 Å². The van der Waals surface area contributed by atoms with Gasteiger partial charge < -0.3 is 15.0 Å². The number of nitrogens with one attached hydrogen (secondary N) is 1. The average molecular weight is 562 g/mol. The van der Waals surface area contributed by atoms with Crippen LogP contribution in [0.2, 0.25) is 5.02 Å². The lowest BCUT2D eigenvalue weighted by Crippen LogP contribution is -2.44. The number of nitrogens with zero attached hydrogens (tertiary/aromatic N) is 3. The van der Waals surface area contributed by atoms with E-state index < -0.39 is 11.7 Å². The van der Waals surface area contributed by atoms with Crippen molar-refractivity contribution >= 4 is 45.2 Å². The molecule has 1 aliphatic rings. The Morgan fingerprint density at radius 3 is 2.77 bits per heavy atom. The van der Waals surface area contributed by atoms with Crippen LogP contribution in [0, 0.1) is 0 Å². The minimum absolute atomic E-state index is 0.00920. The zero-order valence-corrected chi connectivity index (χ0v) is 22.0. The fourth-order valence-corrected chi connectivity index (χ4v) is 4.53. The van der Waals surface area contributed by atoms with E-state index >= 15 is 0 Å². The third-order valence-electron chi connectivity index (χ3n) is 5.58. The molecular weight excluding hydrogens is 536 g/mol. The van der Waals surface area contributed by atoms with Gasteiger partial charge in [0.15, 0.2) is 0 Å². The molecule has 0 radical (unpaired) electrons. The van der Waals surface area contributed by atoms with Gasteiger partial charge in [0.1, 0.15) is 11.2 Å². The number of pyridine rings is 1. The van der Waals surface area contributed by atoms with E-state index in [2.05, 4.69) is 26.2 Å². The van der Waals surface area contributed by atoms with Gasteiger partial charge in [-0.25, -0.2) is 9.78 Å². The first-order chi connectivity index (χ1) is 16.5. The highest BCUT2D eigenvalue weighted by Gasteiger charge is 2.29. The molecule has 0 aliphatic carbocycles. The number of carbonyl (C=O) groups is 2. The summed E-state index contributed by atoms with van der Waals surface area (Å²) in [5, 5.41) is 3.43. The van der Waals surface area contributed by atoms with E-state index in [4.69, 9.17) is 16.3 Å². The number of carbonyl (C=O) groups excluding carboxylic acids is 2. The lowest BCUT2D eigenvalue weighted by atomic mass is 10.1. The summed E-state index contributed by atoms with van der Waals surface area (Å²) < 4.78 is 7.77. The quantitative estimate of drug-likeness (QED) is 0.483. The lowest BCUT2D eigenvalue weighted by Gasteiger charge is -2.29. The van der Waals surface area contributed by atoms with E-state index in [0.717, 1.165) is 15.6 Å². The van der Waals surface area contributed by atoms with E-state index in [0.29, 0.717) is 29.1 Å². The summed E-state index contributed by atoms with van der Waals surface area (Å²) >= 11 is 9.87. The Kier molecular flexibility index (Phi) is 7.19. The first-order valence-corrected chi connectivity index (χ1v) is 12.4. The lowest BCUT2D eigenvalue weighted by molar-refractivity contribution is -0.119. The van der Waals surface area contributed by atoms with Gasteiger partial charge >= 0.3 is 6.09 Å². The maximum Gasteiger partial charge on any atom is 0.410 e. The highest BCUT2D eigenvalue weighted by atomic mass is 79.9. The van der Waals surface area contributed by atoms with Gasteiger partial charge in [0.05, 0.1) is 17.1 Å². The standard InChI is InChI=1S/C25H26BrClN4O4/c1-25(2,3)35-24(34)30(14-17-7-8-21(32)29-17)13-16-12-28-20-11-15(9-10-31(20)23(16)33)18-5-4-6-19(26)22(18)27/h4-6,9-12,17H,7-8,13-14H2,1-3H3,(H,29,32)/t17-/m0/s1. The van der Waals surface area contributed by atoms with Gasteiger partial charge in [-0.05, 0) is 66.9 Å². The molecule has 3 aromatic rings. The fourth-order valence-electron chi connectivity index (χ4n) is 3.93. The van der Waals surface area contributed by atoms with Crippen molar-refractivity contribution in [3.05, 3.63) is 68.1 Å². The van der Waals surface area contributed by atoms with E-state index in [-0.39, 0.29) is 30.6 Å². The van der Waals surface area contributed by atoms with Crippen molar-refractivity contribution < 1.29 is 14.3 Å². The van der Waals surface area contributed by atoms with Gasteiger partial charge in [-0.1, -0.05) is 23.7 Å². The number of ether oxygens (including phenoxy) is 1. The van der Waals surface area contributed by atoms with Crippen molar-refractivity contribution in [1.29, 1.82) is 0 Å². The van der Waals surface area contributed by atoms with Crippen LogP contribution in [-0.2, 0) is 16.1 Å². The molecule has 2 amide bonds. The number of amides is 2. The SMILES string of the molecule is CC(C)(C)OC(=O)N(Cc1cnc2cc(-c3cccc(Br)c3Cl)ccn2c1=O)C[C@@H]1CCC(=O)N1. The normalized spacial score (nSPS) is 15.8. The van der Waals surface area contributed by atoms with Crippen LogP contribution in [0.4, 0.5) is 4.79 Å². The second-order valence-electron chi connectivity index (χ2n) is 9.50. The Hall–Kier alpha value is -2.91. The summed E-state index contributed by atoms with van der Waals surface area (Å²) in [5.41, 5.74) is 1.45. The van der Waals surface area contributed by atoms with Crippen LogP contribution in [0.15, 0.2) is 52.0 Å². The van der Waals surface area contributed by atoms with Crippen molar-refractivity contribution in [3.8, 4) is 11.1 Å². The molecule has 2 aromatic heterocycles. The van der Waals surface area contributed by atoms with Crippen molar-refractivity contribution in [3.63, 3.8) is 0 Å². The van der Waals surface area contributed by atoms with Gasteiger partial charge in [0, 0.05) is 41.4 Å². The maximum atomic E-state index is 13.3. The largest absolute Gasteiger partial charge is 0.444 e. The molecule has 0 spiro atoms.